The molecule has 2 heterocycles. The minimum Gasteiger partial charge on any atom is -0.394 e. The van der Waals surface area contributed by atoms with E-state index in [1.807, 2.05) is 17.5 Å². The highest BCUT2D eigenvalue weighted by Crippen LogP contribution is 2.26. The number of carbonyl (C=O) groups is 1. The number of hydrogen-bond donors (Lipinski definition) is 2. The second-order valence-corrected chi connectivity index (χ2v) is 5.84. The highest BCUT2D eigenvalue weighted by Gasteiger charge is 2.18. The van der Waals surface area contributed by atoms with Crippen LogP contribution in [0.1, 0.15) is 10.4 Å². The van der Waals surface area contributed by atoms with Crippen LogP contribution in [-0.4, -0.2) is 27.4 Å². The second-order valence-electron chi connectivity index (χ2n) is 4.89. The second kappa shape index (κ2) is 6.90. The lowest BCUT2D eigenvalue weighted by atomic mass is 10.2. The monoisotopic (exact) mass is 349 g/mol. The summed E-state index contributed by atoms with van der Waals surface area (Å²) in [4.78, 5) is 13.1. The lowest BCUT2D eigenvalue weighted by Gasteiger charge is -2.08. The van der Waals surface area contributed by atoms with Crippen LogP contribution < -0.4 is 5.32 Å². The summed E-state index contributed by atoms with van der Waals surface area (Å²) >= 11 is 1.48. The van der Waals surface area contributed by atoms with Gasteiger partial charge in [-0.25, -0.2) is 13.5 Å². The van der Waals surface area contributed by atoms with Crippen molar-refractivity contribution in [1.29, 1.82) is 0 Å². The van der Waals surface area contributed by atoms with Crippen LogP contribution in [0, 0.1) is 11.6 Å². The molecule has 124 valence electrons. The Kier molecular flexibility index (Phi) is 4.68. The SMILES string of the molecule is O=C(Nc1cc(-c2cccs2)nn1CCO)c1cccc(F)c1F. The molecule has 24 heavy (non-hydrogen) atoms. The Morgan fingerprint density at radius 2 is 2.12 bits per heavy atom. The van der Waals surface area contributed by atoms with Gasteiger partial charge in [-0.1, -0.05) is 12.1 Å². The molecule has 3 rings (SSSR count). The Morgan fingerprint density at radius 1 is 1.29 bits per heavy atom. The predicted octanol–water partition coefficient (Wildman–Crippen LogP) is 3.13. The van der Waals surface area contributed by atoms with Crippen LogP contribution in [0.5, 0.6) is 0 Å². The topological polar surface area (TPSA) is 67.2 Å². The molecule has 2 N–H and O–H groups in total. The highest BCUT2D eigenvalue weighted by molar-refractivity contribution is 7.13. The molecule has 0 atom stereocenters. The van der Waals surface area contributed by atoms with Crippen LogP contribution >= 0.6 is 11.3 Å². The first-order valence-electron chi connectivity index (χ1n) is 7.08. The normalized spacial score (nSPS) is 10.8. The van der Waals surface area contributed by atoms with Gasteiger partial charge in [0.15, 0.2) is 11.6 Å². The van der Waals surface area contributed by atoms with Crippen molar-refractivity contribution in [2.45, 2.75) is 6.54 Å². The van der Waals surface area contributed by atoms with Crippen molar-refractivity contribution in [3.63, 3.8) is 0 Å². The third-order valence-electron chi connectivity index (χ3n) is 3.30. The molecule has 0 saturated carbocycles. The molecule has 5 nitrogen and oxygen atoms in total. The quantitative estimate of drug-likeness (QED) is 0.744. The molecule has 0 aliphatic heterocycles. The summed E-state index contributed by atoms with van der Waals surface area (Å²) in [5.41, 5.74) is 0.220. The van der Waals surface area contributed by atoms with E-state index in [4.69, 9.17) is 5.11 Å². The number of aromatic nitrogens is 2. The van der Waals surface area contributed by atoms with Crippen LogP contribution in [0.25, 0.3) is 10.6 Å². The van der Waals surface area contributed by atoms with Gasteiger partial charge in [0.1, 0.15) is 11.5 Å². The van der Waals surface area contributed by atoms with E-state index in [1.165, 1.54) is 28.2 Å². The van der Waals surface area contributed by atoms with E-state index < -0.39 is 23.1 Å². The van der Waals surface area contributed by atoms with Crippen molar-refractivity contribution in [3.8, 4) is 10.6 Å². The van der Waals surface area contributed by atoms with E-state index in [0.29, 0.717) is 11.5 Å². The fourth-order valence-electron chi connectivity index (χ4n) is 2.19. The van der Waals surface area contributed by atoms with Gasteiger partial charge in [0.2, 0.25) is 0 Å². The van der Waals surface area contributed by atoms with Gasteiger partial charge in [0, 0.05) is 6.07 Å². The molecule has 0 aliphatic rings. The highest BCUT2D eigenvalue weighted by atomic mass is 32.1. The molecule has 1 aromatic carbocycles. The number of amides is 1. The number of nitrogens with zero attached hydrogens (tertiary/aromatic N) is 2. The van der Waals surface area contributed by atoms with Crippen molar-refractivity contribution >= 4 is 23.1 Å². The summed E-state index contributed by atoms with van der Waals surface area (Å²) in [6, 6.07) is 8.75. The van der Waals surface area contributed by atoms with Gasteiger partial charge >= 0.3 is 0 Å². The third kappa shape index (κ3) is 3.19. The Balaban J connectivity index is 1.91. The van der Waals surface area contributed by atoms with Gasteiger partial charge in [-0.15, -0.1) is 11.3 Å². The molecule has 1 amide bonds. The molecule has 0 unspecified atom stereocenters. The summed E-state index contributed by atoms with van der Waals surface area (Å²) in [6.45, 7) is -0.0185. The maximum atomic E-state index is 13.7. The molecule has 3 aromatic rings. The van der Waals surface area contributed by atoms with Crippen molar-refractivity contribution in [3.05, 3.63) is 59.0 Å². The molecule has 0 fully saturated rings. The number of halogens is 2. The van der Waals surface area contributed by atoms with E-state index in [2.05, 4.69) is 10.4 Å². The minimum atomic E-state index is -1.21. The fraction of sp³-hybridized carbons (Fsp3) is 0.125. The van der Waals surface area contributed by atoms with E-state index in [1.54, 1.807) is 6.07 Å². The fourth-order valence-corrected chi connectivity index (χ4v) is 2.87. The first kappa shape index (κ1) is 16.3. The van der Waals surface area contributed by atoms with E-state index in [9.17, 15) is 13.6 Å². The summed E-state index contributed by atoms with van der Waals surface area (Å²) in [6.07, 6.45) is 0. The number of carbonyl (C=O) groups excluding carboxylic acids is 1. The number of anilines is 1. The first-order chi connectivity index (χ1) is 11.6. The van der Waals surface area contributed by atoms with Gasteiger partial charge < -0.3 is 10.4 Å². The number of rotatable bonds is 5. The van der Waals surface area contributed by atoms with Crippen LogP contribution in [0.15, 0.2) is 41.8 Å². The Morgan fingerprint density at radius 3 is 2.83 bits per heavy atom. The van der Waals surface area contributed by atoms with Crippen LogP contribution in [-0.2, 0) is 6.54 Å². The van der Waals surface area contributed by atoms with Gasteiger partial charge in [0.25, 0.3) is 5.91 Å². The van der Waals surface area contributed by atoms with Crippen molar-refractivity contribution < 1.29 is 18.7 Å². The molecule has 8 heteroatoms. The van der Waals surface area contributed by atoms with Crippen molar-refractivity contribution in [1.82, 2.24) is 9.78 Å². The summed E-state index contributed by atoms with van der Waals surface area (Å²) in [7, 11) is 0. The summed E-state index contributed by atoms with van der Waals surface area (Å²) < 4.78 is 28.4. The summed E-state index contributed by atoms with van der Waals surface area (Å²) in [5.74, 6) is -2.79. The lowest BCUT2D eigenvalue weighted by Crippen LogP contribution is -2.18. The molecular weight excluding hydrogens is 336 g/mol. The standard InChI is InChI=1S/C16H13F2N3O2S/c17-11-4-1-3-10(15(11)18)16(23)19-14-9-12(13-5-2-8-24-13)20-21(14)6-7-22/h1-5,8-9,22H,6-7H2,(H,19,23). The van der Waals surface area contributed by atoms with Crippen LogP contribution in [0.2, 0.25) is 0 Å². The number of thiophene rings is 1. The number of benzene rings is 1. The lowest BCUT2D eigenvalue weighted by molar-refractivity contribution is 0.102. The zero-order valence-corrected chi connectivity index (χ0v) is 13.2. The maximum absolute atomic E-state index is 13.7. The molecule has 0 radical (unpaired) electrons. The maximum Gasteiger partial charge on any atom is 0.259 e. The average Bonchev–Trinajstić information content (AvgIpc) is 3.20. The zero-order chi connectivity index (χ0) is 17.1. The molecule has 2 aromatic heterocycles. The molecule has 0 spiro atoms. The first-order valence-corrected chi connectivity index (χ1v) is 7.96. The van der Waals surface area contributed by atoms with E-state index in [0.717, 1.165) is 10.9 Å². The largest absolute Gasteiger partial charge is 0.394 e. The van der Waals surface area contributed by atoms with Crippen LogP contribution in [0.4, 0.5) is 14.6 Å². The van der Waals surface area contributed by atoms with Gasteiger partial charge in [-0.05, 0) is 23.6 Å². The number of aliphatic hydroxyl groups is 1. The van der Waals surface area contributed by atoms with Crippen LogP contribution in [0.3, 0.4) is 0 Å². The van der Waals surface area contributed by atoms with Gasteiger partial charge in [-0.3, -0.25) is 4.79 Å². The van der Waals surface area contributed by atoms with E-state index in [-0.39, 0.29) is 13.2 Å². The molecule has 0 saturated heterocycles. The molecular formula is C16H13F2N3O2S. The number of nitrogens with one attached hydrogen (secondary N) is 1. The van der Waals surface area contributed by atoms with E-state index >= 15 is 0 Å². The smallest absolute Gasteiger partial charge is 0.259 e. The minimum absolute atomic E-state index is 0.159. The van der Waals surface area contributed by atoms with Crippen molar-refractivity contribution in [2.24, 2.45) is 0 Å². The summed E-state index contributed by atoms with van der Waals surface area (Å²) in [5, 5.41) is 17.8. The predicted molar refractivity (Wildman–Crippen MR) is 86.9 cm³/mol. The zero-order valence-electron chi connectivity index (χ0n) is 12.4. The molecule has 0 aliphatic carbocycles. The Bertz CT molecular complexity index is 862. The van der Waals surface area contributed by atoms with Gasteiger partial charge in [-0.2, -0.15) is 5.10 Å². The molecule has 0 bridgehead atoms. The Labute approximate surface area is 140 Å². The Hall–Kier alpha value is -2.58. The van der Waals surface area contributed by atoms with Crippen molar-refractivity contribution in [2.75, 3.05) is 11.9 Å². The third-order valence-corrected chi connectivity index (χ3v) is 4.20. The van der Waals surface area contributed by atoms with Gasteiger partial charge in [0.05, 0.1) is 23.6 Å². The number of aliphatic hydroxyl groups excluding tert-OH is 1. The number of hydrogen-bond acceptors (Lipinski definition) is 4. The average molecular weight is 349 g/mol.